The number of fused-ring (bicyclic) bond motifs is 1. The van der Waals surface area contributed by atoms with Gasteiger partial charge >= 0.3 is 0 Å². The minimum absolute atomic E-state index is 0.00227. The van der Waals surface area contributed by atoms with Crippen LogP contribution in [-0.4, -0.2) is 30.7 Å². The lowest BCUT2D eigenvalue weighted by atomic mass is 10.00. The molecule has 1 amide bonds. The molecule has 2 N–H and O–H groups in total. The Kier molecular flexibility index (Phi) is 5.64. The van der Waals surface area contributed by atoms with Crippen LogP contribution >= 0.6 is 0 Å². The van der Waals surface area contributed by atoms with E-state index in [0.29, 0.717) is 12.0 Å². The van der Waals surface area contributed by atoms with Gasteiger partial charge in [0.25, 0.3) is 6.43 Å². The van der Waals surface area contributed by atoms with Gasteiger partial charge in [0.05, 0.1) is 6.10 Å². The van der Waals surface area contributed by atoms with Gasteiger partial charge in [-0.25, -0.2) is 8.78 Å². The molecule has 1 atom stereocenters. The summed E-state index contributed by atoms with van der Waals surface area (Å²) in [5, 5.41) is 12.9. The number of aliphatic hydroxyl groups is 1. The SMILES string of the molecule is O=C1CCCc2cc(C(O)CCOCC(F)F)ccc2N1. The molecule has 6 heteroatoms. The molecule has 0 aliphatic carbocycles. The zero-order chi connectivity index (χ0) is 15.2. The van der Waals surface area contributed by atoms with Crippen molar-refractivity contribution < 1.29 is 23.4 Å². The van der Waals surface area contributed by atoms with Crippen molar-refractivity contribution in [3.05, 3.63) is 29.3 Å². The molecule has 4 nitrogen and oxygen atoms in total. The van der Waals surface area contributed by atoms with E-state index in [-0.39, 0.29) is 18.9 Å². The molecule has 1 aromatic carbocycles. The Bertz CT molecular complexity index is 494. The maximum atomic E-state index is 11.9. The second-order valence-corrected chi connectivity index (χ2v) is 5.09. The van der Waals surface area contributed by atoms with Crippen LogP contribution in [0.25, 0.3) is 0 Å². The van der Waals surface area contributed by atoms with Gasteiger partial charge in [-0.05, 0) is 30.0 Å². The van der Waals surface area contributed by atoms with E-state index in [4.69, 9.17) is 4.74 Å². The second-order valence-electron chi connectivity index (χ2n) is 5.09. The average molecular weight is 299 g/mol. The van der Waals surface area contributed by atoms with Crippen LogP contribution in [0.5, 0.6) is 0 Å². The normalized spacial score (nSPS) is 16.3. The van der Waals surface area contributed by atoms with Crippen molar-refractivity contribution in [2.75, 3.05) is 18.5 Å². The highest BCUT2D eigenvalue weighted by atomic mass is 19.3. The molecule has 116 valence electrons. The molecule has 1 heterocycles. The number of hydrogen-bond acceptors (Lipinski definition) is 3. The Morgan fingerprint density at radius 3 is 2.90 bits per heavy atom. The van der Waals surface area contributed by atoms with E-state index < -0.39 is 19.1 Å². The summed E-state index contributed by atoms with van der Waals surface area (Å²) in [6.45, 7) is -0.526. The van der Waals surface area contributed by atoms with Crippen molar-refractivity contribution in [3.63, 3.8) is 0 Å². The van der Waals surface area contributed by atoms with Crippen molar-refractivity contribution in [2.24, 2.45) is 0 Å². The third-order valence-corrected chi connectivity index (χ3v) is 3.42. The van der Waals surface area contributed by atoms with Gasteiger partial charge < -0.3 is 15.2 Å². The van der Waals surface area contributed by atoms with E-state index >= 15 is 0 Å². The number of halogens is 2. The molecular weight excluding hydrogens is 280 g/mol. The molecule has 21 heavy (non-hydrogen) atoms. The monoisotopic (exact) mass is 299 g/mol. The summed E-state index contributed by atoms with van der Waals surface area (Å²) in [4.78, 5) is 11.5. The van der Waals surface area contributed by atoms with Gasteiger partial charge in [0.15, 0.2) is 0 Å². The van der Waals surface area contributed by atoms with Crippen molar-refractivity contribution in [1.82, 2.24) is 0 Å². The predicted octanol–water partition coefficient (Wildman–Crippen LogP) is 2.67. The van der Waals surface area contributed by atoms with Crippen LogP contribution in [0.15, 0.2) is 18.2 Å². The van der Waals surface area contributed by atoms with Crippen LogP contribution in [-0.2, 0) is 16.0 Å². The van der Waals surface area contributed by atoms with E-state index in [1.54, 1.807) is 12.1 Å². The second kappa shape index (κ2) is 7.47. The lowest BCUT2D eigenvalue weighted by molar-refractivity contribution is -0.116. The molecule has 0 saturated carbocycles. The summed E-state index contributed by atoms with van der Waals surface area (Å²) in [6.07, 6.45) is -0.941. The minimum atomic E-state index is -2.49. The van der Waals surface area contributed by atoms with Gasteiger partial charge in [0.1, 0.15) is 6.61 Å². The average Bonchev–Trinajstić information content (AvgIpc) is 2.62. The lowest BCUT2D eigenvalue weighted by Gasteiger charge is -2.14. The molecule has 0 fully saturated rings. The smallest absolute Gasteiger partial charge is 0.261 e. The van der Waals surface area contributed by atoms with E-state index in [2.05, 4.69) is 5.32 Å². The van der Waals surface area contributed by atoms with Gasteiger partial charge in [-0.15, -0.1) is 0 Å². The van der Waals surface area contributed by atoms with Crippen molar-refractivity contribution in [1.29, 1.82) is 0 Å². The minimum Gasteiger partial charge on any atom is -0.388 e. The van der Waals surface area contributed by atoms with Gasteiger partial charge in [-0.1, -0.05) is 12.1 Å². The fourth-order valence-electron chi connectivity index (χ4n) is 2.34. The molecule has 2 rings (SSSR count). The van der Waals surface area contributed by atoms with Crippen LogP contribution < -0.4 is 5.32 Å². The Morgan fingerprint density at radius 1 is 1.33 bits per heavy atom. The first kappa shape index (κ1) is 15.9. The van der Waals surface area contributed by atoms with Crippen LogP contribution in [0.2, 0.25) is 0 Å². The number of rotatable bonds is 6. The zero-order valence-corrected chi connectivity index (χ0v) is 11.6. The Balaban J connectivity index is 1.94. The molecule has 0 spiro atoms. The number of carbonyl (C=O) groups is 1. The Labute approximate surface area is 122 Å². The first-order valence-corrected chi connectivity index (χ1v) is 7.03. The first-order valence-electron chi connectivity index (χ1n) is 7.03. The van der Waals surface area contributed by atoms with Crippen LogP contribution in [0.1, 0.15) is 36.5 Å². The highest BCUT2D eigenvalue weighted by Gasteiger charge is 2.15. The third kappa shape index (κ3) is 4.75. The number of aliphatic hydroxyl groups excluding tert-OH is 1. The molecule has 0 bridgehead atoms. The summed E-state index contributed by atoms with van der Waals surface area (Å²) < 4.78 is 28.6. The number of nitrogens with one attached hydrogen (secondary N) is 1. The van der Waals surface area contributed by atoms with E-state index in [0.717, 1.165) is 24.1 Å². The predicted molar refractivity (Wildman–Crippen MR) is 74.4 cm³/mol. The van der Waals surface area contributed by atoms with Gasteiger partial charge in [0.2, 0.25) is 5.91 Å². The molecule has 1 aliphatic rings. The van der Waals surface area contributed by atoms with Crippen molar-refractivity contribution >= 4 is 11.6 Å². The fraction of sp³-hybridized carbons (Fsp3) is 0.533. The van der Waals surface area contributed by atoms with Gasteiger partial charge in [0, 0.05) is 25.1 Å². The Hall–Kier alpha value is -1.53. The number of carbonyl (C=O) groups excluding carboxylic acids is 1. The molecule has 0 radical (unpaired) electrons. The third-order valence-electron chi connectivity index (χ3n) is 3.42. The lowest BCUT2D eigenvalue weighted by Crippen LogP contribution is -2.10. The summed E-state index contributed by atoms with van der Waals surface area (Å²) in [7, 11) is 0. The van der Waals surface area contributed by atoms with Gasteiger partial charge in [-0.3, -0.25) is 4.79 Å². The number of anilines is 1. The summed E-state index contributed by atoms with van der Waals surface area (Å²) in [5.41, 5.74) is 2.49. The fourth-order valence-corrected chi connectivity index (χ4v) is 2.34. The van der Waals surface area contributed by atoms with E-state index in [1.165, 1.54) is 0 Å². The van der Waals surface area contributed by atoms with E-state index in [9.17, 15) is 18.7 Å². The summed E-state index contributed by atoms with van der Waals surface area (Å²) >= 11 is 0. The molecular formula is C15H19F2NO3. The van der Waals surface area contributed by atoms with Crippen molar-refractivity contribution in [2.45, 2.75) is 38.2 Å². The van der Waals surface area contributed by atoms with Gasteiger partial charge in [-0.2, -0.15) is 0 Å². The van der Waals surface area contributed by atoms with Crippen LogP contribution in [0.4, 0.5) is 14.5 Å². The topological polar surface area (TPSA) is 58.6 Å². The quantitative estimate of drug-likeness (QED) is 0.794. The molecule has 1 aromatic rings. The number of hydrogen-bond donors (Lipinski definition) is 2. The summed E-state index contributed by atoms with van der Waals surface area (Å²) in [5.74, 6) is 0.00227. The molecule has 0 saturated heterocycles. The Morgan fingerprint density at radius 2 is 2.14 bits per heavy atom. The first-order chi connectivity index (χ1) is 10.1. The number of amides is 1. The van der Waals surface area contributed by atoms with E-state index in [1.807, 2.05) is 6.07 Å². The highest BCUT2D eigenvalue weighted by Crippen LogP contribution is 2.27. The summed E-state index contributed by atoms with van der Waals surface area (Å²) in [6, 6.07) is 5.37. The zero-order valence-electron chi connectivity index (χ0n) is 11.6. The highest BCUT2D eigenvalue weighted by molar-refractivity contribution is 5.92. The number of benzene rings is 1. The van der Waals surface area contributed by atoms with Crippen molar-refractivity contribution in [3.8, 4) is 0 Å². The molecule has 0 aromatic heterocycles. The number of ether oxygens (including phenoxy) is 1. The van der Waals surface area contributed by atoms with Crippen LogP contribution in [0, 0.1) is 0 Å². The number of alkyl halides is 2. The largest absolute Gasteiger partial charge is 0.388 e. The standard InChI is InChI=1S/C15H19F2NO3/c16-14(17)9-21-7-6-13(19)11-4-5-12-10(8-11)2-1-3-15(20)18-12/h4-5,8,13-14,19H,1-3,6-7,9H2,(H,18,20). The van der Waals surface area contributed by atoms with Crippen LogP contribution in [0.3, 0.4) is 0 Å². The maximum absolute atomic E-state index is 11.9. The molecule has 1 aliphatic heterocycles. The molecule has 1 unspecified atom stereocenters. The number of aryl methyl sites for hydroxylation is 1. The maximum Gasteiger partial charge on any atom is 0.261 e.